The van der Waals surface area contributed by atoms with E-state index in [4.69, 9.17) is 0 Å². The van der Waals surface area contributed by atoms with Gasteiger partial charge in [0.05, 0.1) is 0 Å². The third-order valence-electron chi connectivity index (χ3n) is 4.10. The van der Waals surface area contributed by atoms with E-state index in [0.29, 0.717) is 37.3 Å². The van der Waals surface area contributed by atoms with Crippen LogP contribution in [0, 0.1) is 19.7 Å². The van der Waals surface area contributed by atoms with Crippen LogP contribution in [0.2, 0.25) is 0 Å². The molecule has 0 saturated carbocycles. The lowest BCUT2D eigenvalue weighted by Gasteiger charge is -2.35. The Kier molecular flexibility index (Phi) is 4.23. The maximum atomic E-state index is 13.6. The van der Waals surface area contributed by atoms with Gasteiger partial charge in [0.15, 0.2) is 0 Å². The number of carbonyl (C=O) groups excluding carboxylic acids is 1. The molecule has 1 saturated heterocycles. The summed E-state index contributed by atoms with van der Waals surface area (Å²) >= 11 is 0. The molecule has 0 unspecified atom stereocenters. The Morgan fingerprint density at radius 1 is 1.09 bits per heavy atom. The summed E-state index contributed by atoms with van der Waals surface area (Å²) in [7, 11) is 0. The van der Waals surface area contributed by atoms with Crippen LogP contribution in [0.15, 0.2) is 30.6 Å². The number of hydrogen-bond acceptors (Lipinski definition) is 4. The third-order valence-corrected chi connectivity index (χ3v) is 4.10. The molecule has 23 heavy (non-hydrogen) atoms. The van der Waals surface area contributed by atoms with Gasteiger partial charge in [0, 0.05) is 43.5 Å². The van der Waals surface area contributed by atoms with E-state index in [1.54, 1.807) is 30.3 Å². The molecular formula is C17H19FN4O. The molecule has 1 aromatic carbocycles. The average molecular weight is 314 g/mol. The molecule has 3 rings (SSSR count). The molecule has 0 spiro atoms. The molecule has 2 heterocycles. The van der Waals surface area contributed by atoms with Crippen molar-refractivity contribution in [2.24, 2.45) is 0 Å². The maximum Gasteiger partial charge on any atom is 0.254 e. The topological polar surface area (TPSA) is 49.3 Å². The number of anilines is 1. The van der Waals surface area contributed by atoms with Gasteiger partial charge in [-0.2, -0.15) is 0 Å². The van der Waals surface area contributed by atoms with E-state index in [1.807, 2.05) is 13.0 Å². The molecule has 0 radical (unpaired) electrons. The van der Waals surface area contributed by atoms with Gasteiger partial charge in [0.1, 0.15) is 18.0 Å². The fraction of sp³-hybridized carbons (Fsp3) is 0.353. The predicted octanol–water partition coefficient (Wildman–Crippen LogP) is 2.19. The van der Waals surface area contributed by atoms with Gasteiger partial charge in [-0.25, -0.2) is 14.4 Å². The van der Waals surface area contributed by atoms with Crippen molar-refractivity contribution in [1.82, 2.24) is 14.9 Å². The van der Waals surface area contributed by atoms with Gasteiger partial charge in [0.2, 0.25) is 0 Å². The molecule has 120 valence electrons. The van der Waals surface area contributed by atoms with E-state index in [9.17, 15) is 9.18 Å². The van der Waals surface area contributed by atoms with Crippen molar-refractivity contribution in [2.75, 3.05) is 31.1 Å². The van der Waals surface area contributed by atoms with Crippen LogP contribution in [0.1, 0.15) is 21.6 Å². The lowest BCUT2D eigenvalue weighted by molar-refractivity contribution is 0.0746. The van der Waals surface area contributed by atoms with Gasteiger partial charge in [0.25, 0.3) is 5.91 Å². The summed E-state index contributed by atoms with van der Waals surface area (Å²) in [5, 5.41) is 0. The summed E-state index contributed by atoms with van der Waals surface area (Å²) < 4.78 is 13.6. The second-order valence-corrected chi connectivity index (χ2v) is 5.76. The standard InChI is InChI=1S/C17H19FN4O/c1-12-3-4-14(10-15(12)18)17(23)22-7-5-21(6-8-22)16-9-13(2)19-11-20-16/h3-4,9-11H,5-8H2,1-2H3. The minimum atomic E-state index is -0.342. The third kappa shape index (κ3) is 3.31. The summed E-state index contributed by atoms with van der Waals surface area (Å²) in [6, 6.07) is 6.58. The van der Waals surface area contributed by atoms with Crippen molar-refractivity contribution >= 4 is 11.7 Å². The summed E-state index contributed by atoms with van der Waals surface area (Å²) in [4.78, 5) is 24.7. The first kappa shape index (κ1) is 15.4. The Morgan fingerprint density at radius 3 is 2.48 bits per heavy atom. The van der Waals surface area contributed by atoms with Crippen LogP contribution < -0.4 is 4.90 Å². The van der Waals surface area contributed by atoms with E-state index in [1.165, 1.54) is 6.07 Å². The van der Waals surface area contributed by atoms with E-state index in [2.05, 4.69) is 14.9 Å². The number of carbonyl (C=O) groups is 1. The van der Waals surface area contributed by atoms with Crippen LogP contribution in [-0.2, 0) is 0 Å². The number of halogens is 1. The van der Waals surface area contributed by atoms with E-state index < -0.39 is 0 Å². The quantitative estimate of drug-likeness (QED) is 0.852. The van der Waals surface area contributed by atoms with Crippen molar-refractivity contribution in [3.8, 4) is 0 Å². The van der Waals surface area contributed by atoms with Gasteiger partial charge in [-0.05, 0) is 31.5 Å². The molecule has 5 nitrogen and oxygen atoms in total. The van der Waals surface area contributed by atoms with Crippen molar-refractivity contribution in [1.29, 1.82) is 0 Å². The normalized spacial score (nSPS) is 14.9. The van der Waals surface area contributed by atoms with Crippen molar-refractivity contribution in [3.63, 3.8) is 0 Å². The van der Waals surface area contributed by atoms with Gasteiger partial charge in [-0.1, -0.05) is 6.07 Å². The molecular weight excluding hydrogens is 295 g/mol. The smallest absolute Gasteiger partial charge is 0.254 e. The number of amides is 1. The molecule has 0 atom stereocenters. The first-order chi connectivity index (χ1) is 11.0. The first-order valence-electron chi connectivity index (χ1n) is 7.63. The van der Waals surface area contributed by atoms with Gasteiger partial charge >= 0.3 is 0 Å². The highest BCUT2D eigenvalue weighted by molar-refractivity contribution is 5.94. The number of aromatic nitrogens is 2. The Hall–Kier alpha value is -2.50. The molecule has 0 aliphatic carbocycles. The number of piperazine rings is 1. The minimum absolute atomic E-state index is 0.123. The maximum absolute atomic E-state index is 13.6. The fourth-order valence-electron chi connectivity index (χ4n) is 2.66. The monoisotopic (exact) mass is 314 g/mol. The summed E-state index contributed by atoms with van der Waals surface area (Å²) in [5.41, 5.74) is 1.87. The fourth-order valence-corrected chi connectivity index (χ4v) is 2.66. The van der Waals surface area contributed by atoms with Crippen LogP contribution in [0.4, 0.5) is 10.2 Å². The molecule has 1 aliphatic heterocycles. The second kappa shape index (κ2) is 6.32. The average Bonchev–Trinajstić information content (AvgIpc) is 2.57. The van der Waals surface area contributed by atoms with Crippen LogP contribution in [0.25, 0.3) is 0 Å². The zero-order valence-corrected chi connectivity index (χ0v) is 13.3. The Labute approximate surface area is 134 Å². The zero-order chi connectivity index (χ0) is 16.4. The molecule has 0 bridgehead atoms. The molecule has 1 aliphatic rings. The molecule has 1 fully saturated rings. The molecule has 0 N–H and O–H groups in total. The van der Waals surface area contributed by atoms with Crippen molar-refractivity contribution in [3.05, 3.63) is 53.2 Å². The van der Waals surface area contributed by atoms with Crippen LogP contribution >= 0.6 is 0 Å². The van der Waals surface area contributed by atoms with Gasteiger partial charge in [-0.15, -0.1) is 0 Å². The van der Waals surface area contributed by atoms with E-state index in [0.717, 1.165) is 11.5 Å². The zero-order valence-electron chi connectivity index (χ0n) is 13.3. The number of aryl methyl sites for hydroxylation is 2. The van der Waals surface area contributed by atoms with Gasteiger partial charge < -0.3 is 9.80 Å². The lowest BCUT2D eigenvalue weighted by Crippen LogP contribution is -2.49. The number of rotatable bonds is 2. The number of hydrogen-bond donors (Lipinski definition) is 0. The van der Waals surface area contributed by atoms with Gasteiger partial charge in [-0.3, -0.25) is 4.79 Å². The highest BCUT2D eigenvalue weighted by atomic mass is 19.1. The molecule has 6 heteroatoms. The molecule has 1 aromatic heterocycles. The van der Waals surface area contributed by atoms with Crippen LogP contribution in [0.3, 0.4) is 0 Å². The summed E-state index contributed by atoms with van der Waals surface area (Å²) in [6.07, 6.45) is 1.55. The van der Waals surface area contributed by atoms with Crippen molar-refractivity contribution in [2.45, 2.75) is 13.8 Å². The Balaban J connectivity index is 1.66. The molecule has 1 amide bonds. The second-order valence-electron chi connectivity index (χ2n) is 5.76. The number of nitrogens with zero attached hydrogens (tertiary/aromatic N) is 4. The largest absolute Gasteiger partial charge is 0.353 e. The SMILES string of the molecule is Cc1cc(N2CCN(C(=O)c3ccc(C)c(F)c3)CC2)ncn1. The first-order valence-corrected chi connectivity index (χ1v) is 7.63. The minimum Gasteiger partial charge on any atom is -0.353 e. The summed E-state index contributed by atoms with van der Waals surface area (Å²) in [6.45, 7) is 6.21. The predicted molar refractivity (Wildman–Crippen MR) is 86.0 cm³/mol. The van der Waals surface area contributed by atoms with Crippen molar-refractivity contribution < 1.29 is 9.18 Å². The highest BCUT2D eigenvalue weighted by Gasteiger charge is 2.23. The van der Waals surface area contributed by atoms with E-state index >= 15 is 0 Å². The summed E-state index contributed by atoms with van der Waals surface area (Å²) in [5.74, 6) is 0.416. The Bertz CT molecular complexity index is 726. The Morgan fingerprint density at radius 2 is 1.83 bits per heavy atom. The van der Waals surface area contributed by atoms with Crippen LogP contribution in [-0.4, -0.2) is 47.0 Å². The number of benzene rings is 1. The lowest BCUT2D eigenvalue weighted by atomic mass is 10.1. The molecule has 2 aromatic rings. The van der Waals surface area contributed by atoms with E-state index in [-0.39, 0.29) is 11.7 Å². The highest BCUT2D eigenvalue weighted by Crippen LogP contribution is 2.16. The van der Waals surface area contributed by atoms with Crippen LogP contribution in [0.5, 0.6) is 0 Å².